The minimum absolute atomic E-state index is 0.0141. The molecule has 0 radical (unpaired) electrons. The van der Waals surface area contributed by atoms with Crippen molar-refractivity contribution in [3.05, 3.63) is 60.2 Å². The quantitative estimate of drug-likeness (QED) is 0.284. The summed E-state index contributed by atoms with van der Waals surface area (Å²) < 4.78 is 50.9. The standard InChI is InChI=1S/C27H29F3N4O3S/c1-16(21-13-17-6-7-18(21)12-17)34-24(14-36-23-5-3-2-4-22(23)28)32-33-27(34)38-15-25(35)31-19-8-10-20(11-9-19)37-26(29)30/h2-5,8-11,16-18,21,26H,6-7,12-15H2,1H3,(H,31,35)/t16-,17-,18-,21-/m0/s1. The molecule has 0 unspecified atom stereocenters. The van der Waals surface area contributed by atoms with E-state index in [1.165, 1.54) is 61.4 Å². The van der Waals surface area contributed by atoms with Crippen LogP contribution in [0.4, 0.5) is 18.9 Å². The van der Waals surface area contributed by atoms with Gasteiger partial charge < -0.3 is 14.8 Å². The molecule has 4 atom stereocenters. The summed E-state index contributed by atoms with van der Waals surface area (Å²) in [6, 6.07) is 12.1. The molecular formula is C27H29F3N4O3S. The van der Waals surface area contributed by atoms with Crippen LogP contribution in [0.15, 0.2) is 53.7 Å². The largest absolute Gasteiger partial charge is 0.483 e. The van der Waals surface area contributed by atoms with Crippen molar-refractivity contribution in [3.8, 4) is 11.5 Å². The number of carbonyl (C=O) groups excluding carboxylic acids is 1. The van der Waals surface area contributed by atoms with E-state index in [9.17, 15) is 18.0 Å². The number of nitrogens with one attached hydrogen (secondary N) is 1. The van der Waals surface area contributed by atoms with Gasteiger partial charge >= 0.3 is 6.61 Å². The summed E-state index contributed by atoms with van der Waals surface area (Å²) in [5.41, 5.74) is 0.466. The van der Waals surface area contributed by atoms with Gasteiger partial charge in [-0.1, -0.05) is 30.3 Å². The van der Waals surface area contributed by atoms with Gasteiger partial charge in [0.05, 0.1) is 5.75 Å². The first-order valence-electron chi connectivity index (χ1n) is 12.7. The number of halogens is 3. The molecule has 7 nitrogen and oxygen atoms in total. The van der Waals surface area contributed by atoms with Crippen LogP contribution in [0.1, 0.15) is 44.5 Å². The highest BCUT2D eigenvalue weighted by Gasteiger charge is 2.43. The van der Waals surface area contributed by atoms with Gasteiger partial charge in [-0.2, -0.15) is 8.78 Å². The highest BCUT2D eigenvalue weighted by Crippen LogP contribution is 2.52. The SMILES string of the molecule is C[C@@H]([C@@H]1C[C@H]2CC[C@H]1C2)n1c(COc2ccccc2F)nnc1SCC(=O)Nc1ccc(OC(F)F)cc1. The third-order valence-corrected chi connectivity index (χ3v) is 8.39. The number of anilines is 1. The molecule has 2 aromatic carbocycles. The lowest BCUT2D eigenvalue weighted by Gasteiger charge is -2.30. The maximum absolute atomic E-state index is 14.1. The van der Waals surface area contributed by atoms with Gasteiger partial charge in [0.1, 0.15) is 12.4 Å². The Morgan fingerprint density at radius 1 is 1.13 bits per heavy atom. The van der Waals surface area contributed by atoms with E-state index < -0.39 is 12.4 Å². The number of ether oxygens (including phenoxy) is 2. The Morgan fingerprint density at radius 2 is 1.92 bits per heavy atom. The Hall–Kier alpha value is -3.21. The topological polar surface area (TPSA) is 78.3 Å². The van der Waals surface area contributed by atoms with Crippen LogP contribution in [0.2, 0.25) is 0 Å². The highest BCUT2D eigenvalue weighted by atomic mass is 32.2. The number of thioether (sulfide) groups is 1. The van der Waals surface area contributed by atoms with Crippen molar-refractivity contribution in [3.63, 3.8) is 0 Å². The van der Waals surface area contributed by atoms with E-state index >= 15 is 0 Å². The maximum atomic E-state index is 14.1. The number of benzene rings is 2. The molecule has 0 saturated heterocycles. The monoisotopic (exact) mass is 546 g/mol. The number of alkyl halides is 2. The van der Waals surface area contributed by atoms with Gasteiger partial charge in [-0.05, 0) is 80.3 Å². The van der Waals surface area contributed by atoms with Crippen LogP contribution in [-0.4, -0.2) is 33.0 Å². The second kappa shape index (κ2) is 11.7. The minimum Gasteiger partial charge on any atom is -0.483 e. The summed E-state index contributed by atoms with van der Waals surface area (Å²) in [6.45, 7) is -0.694. The molecule has 202 valence electrons. The molecule has 1 amide bonds. The van der Waals surface area contributed by atoms with Gasteiger partial charge in [0.15, 0.2) is 22.5 Å². The molecule has 2 saturated carbocycles. The Morgan fingerprint density at radius 3 is 2.61 bits per heavy atom. The van der Waals surface area contributed by atoms with Crippen molar-refractivity contribution < 1.29 is 27.4 Å². The van der Waals surface area contributed by atoms with E-state index in [0.717, 1.165) is 12.3 Å². The number of carbonyl (C=O) groups is 1. The number of hydrogen-bond acceptors (Lipinski definition) is 6. The van der Waals surface area contributed by atoms with E-state index in [1.807, 2.05) is 4.57 Å². The van der Waals surface area contributed by atoms with Crippen LogP contribution >= 0.6 is 11.8 Å². The fourth-order valence-electron chi connectivity index (χ4n) is 5.74. The maximum Gasteiger partial charge on any atom is 0.387 e. The van der Waals surface area contributed by atoms with Crippen LogP contribution in [0, 0.1) is 23.6 Å². The molecular weight excluding hydrogens is 517 g/mol. The summed E-state index contributed by atoms with van der Waals surface area (Å²) in [4.78, 5) is 12.6. The molecule has 1 heterocycles. The van der Waals surface area contributed by atoms with Crippen molar-refractivity contribution in [2.24, 2.45) is 17.8 Å². The van der Waals surface area contributed by atoms with E-state index in [0.29, 0.717) is 28.5 Å². The third-order valence-electron chi connectivity index (χ3n) is 7.44. The summed E-state index contributed by atoms with van der Waals surface area (Å²) in [5.74, 6) is 2.01. The number of para-hydroxylation sites is 1. The second-order valence-corrected chi connectivity index (χ2v) is 10.7. The second-order valence-electron chi connectivity index (χ2n) is 9.81. The van der Waals surface area contributed by atoms with Crippen LogP contribution in [0.5, 0.6) is 11.5 Å². The van der Waals surface area contributed by atoms with Gasteiger partial charge in [0.2, 0.25) is 5.91 Å². The molecule has 5 rings (SSSR count). The smallest absolute Gasteiger partial charge is 0.387 e. The average Bonchev–Trinajstić information content (AvgIpc) is 3.64. The molecule has 2 fully saturated rings. The van der Waals surface area contributed by atoms with Gasteiger partial charge in [-0.25, -0.2) is 4.39 Å². The first-order valence-corrected chi connectivity index (χ1v) is 13.6. The lowest BCUT2D eigenvalue weighted by molar-refractivity contribution is -0.113. The number of fused-ring (bicyclic) bond motifs is 2. The number of aromatic nitrogens is 3. The van der Waals surface area contributed by atoms with Gasteiger partial charge in [-0.15, -0.1) is 10.2 Å². The summed E-state index contributed by atoms with van der Waals surface area (Å²) in [5, 5.41) is 12.1. The van der Waals surface area contributed by atoms with E-state index in [-0.39, 0.29) is 35.8 Å². The molecule has 2 bridgehead atoms. The molecule has 1 aromatic heterocycles. The molecule has 3 aromatic rings. The number of amides is 1. The summed E-state index contributed by atoms with van der Waals surface area (Å²) in [7, 11) is 0. The van der Waals surface area contributed by atoms with Gasteiger partial charge in [0, 0.05) is 11.7 Å². The van der Waals surface area contributed by atoms with Crippen LogP contribution in [0.25, 0.3) is 0 Å². The van der Waals surface area contributed by atoms with E-state index in [1.54, 1.807) is 18.2 Å². The lowest BCUT2D eigenvalue weighted by Crippen LogP contribution is -2.25. The van der Waals surface area contributed by atoms with E-state index in [2.05, 4.69) is 27.2 Å². The normalized spacial score (nSPS) is 21.0. The molecule has 0 aliphatic heterocycles. The highest BCUT2D eigenvalue weighted by molar-refractivity contribution is 7.99. The number of rotatable bonds is 11. The number of nitrogens with zero attached hydrogens (tertiary/aromatic N) is 3. The summed E-state index contributed by atoms with van der Waals surface area (Å²) >= 11 is 1.26. The average molecular weight is 547 g/mol. The predicted octanol–water partition coefficient (Wildman–Crippen LogP) is 6.33. The Kier molecular flexibility index (Phi) is 8.11. The molecule has 1 N–H and O–H groups in total. The van der Waals surface area contributed by atoms with Crippen molar-refractivity contribution in [1.29, 1.82) is 0 Å². The fraction of sp³-hybridized carbons (Fsp3) is 0.444. The van der Waals surface area contributed by atoms with Crippen molar-refractivity contribution >= 4 is 23.4 Å². The zero-order valence-electron chi connectivity index (χ0n) is 20.9. The van der Waals surface area contributed by atoms with Crippen LogP contribution in [0.3, 0.4) is 0 Å². The first-order chi connectivity index (χ1) is 18.4. The Labute approximate surface area is 223 Å². The van der Waals surface area contributed by atoms with Crippen LogP contribution < -0.4 is 14.8 Å². The molecule has 11 heteroatoms. The number of hydrogen-bond donors (Lipinski definition) is 1. The fourth-order valence-corrected chi connectivity index (χ4v) is 6.58. The van der Waals surface area contributed by atoms with Crippen molar-refractivity contribution in [1.82, 2.24) is 14.8 Å². The Balaban J connectivity index is 1.27. The predicted molar refractivity (Wildman–Crippen MR) is 137 cm³/mol. The first kappa shape index (κ1) is 26.4. The molecule has 38 heavy (non-hydrogen) atoms. The molecule has 0 spiro atoms. The zero-order chi connectivity index (χ0) is 26.6. The molecule has 2 aliphatic carbocycles. The van der Waals surface area contributed by atoms with Crippen molar-refractivity contribution in [2.45, 2.75) is 57.0 Å². The zero-order valence-corrected chi connectivity index (χ0v) is 21.7. The Bertz CT molecular complexity index is 1260. The third kappa shape index (κ3) is 6.09. The van der Waals surface area contributed by atoms with Crippen molar-refractivity contribution in [2.75, 3.05) is 11.1 Å². The lowest BCUT2D eigenvalue weighted by atomic mass is 9.84. The van der Waals surface area contributed by atoms with Crippen LogP contribution in [-0.2, 0) is 11.4 Å². The van der Waals surface area contributed by atoms with Gasteiger partial charge in [0.25, 0.3) is 0 Å². The van der Waals surface area contributed by atoms with E-state index in [4.69, 9.17) is 4.74 Å². The van der Waals surface area contributed by atoms with Gasteiger partial charge in [-0.3, -0.25) is 9.36 Å². The molecule has 2 aliphatic rings. The minimum atomic E-state index is -2.91. The summed E-state index contributed by atoms with van der Waals surface area (Å²) in [6.07, 6.45) is 4.93.